The van der Waals surface area contributed by atoms with Gasteiger partial charge in [-0.1, -0.05) is 0 Å². The van der Waals surface area contributed by atoms with Gasteiger partial charge >= 0.3 is 11.9 Å². The number of hydrogen-bond acceptors (Lipinski definition) is 11. The van der Waals surface area contributed by atoms with Crippen molar-refractivity contribution in [1.82, 2.24) is 0 Å². The van der Waals surface area contributed by atoms with E-state index in [4.69, 9.17) is 18.9 Å². The molecule has 0 aromatic heterocycles. The van der Waals surface area contributed by atoms with Crippen molar-refractivity contribution in [2.45, 2.75) is 58.4 Å². The first kappa shape index (κ1) is 25.1. The number of ketones is 2. The van der Waals surface area contributed by atoms with Crippen LogP contribution in [0.25, 0.3) is 0 Å². The molecule has 5 unspecified atom stereocenters. The zero-order chi connectivity index (χ0) is 26.5. The zero-order valence-corrected chi connectivity index (χ0v) is 19.8. The van der Waals surface area contributed by atoms with E-state index in [0.29, 0.717) is 5.56 Å². The first-order chi connectivity index (χ1) is 16.9. The third-order valence-electron chi connectivity index (χ3n) is 5.91. The van der Waals surface area contributed by atoms with Crippen LogP contribution in [0.15, 0.2) is 24.3 Å². The lowest BCUT2D eigenvalue weighted by atomic mass is 9.82. The number of fused-ring (bicyclic) bond motifs is 2. The number of esters is 2. The van der Waals surface area contributed by atoms with E-state index in [1.165, 1.54) is 25.1 Å². The number of carbonyl (C=O) groups is 4. The Kier molecular flexibility index (Phi) is 6.46. The Morgan fingerprint density at radius 3 is 2.03 bits per heavy atom. The Morgan fingerprint density at radius 1 is 0.861 bits per heavy atom. The molecule has 0 saturated carbocycles. The Hall–Kier alpha value is -3.96. The van der Waals surface area contributed by atoms with Crippen molar-refractivity contribution >= 4 is 23.5 Å². The van der Waals surface area contributed by atoms with E-state index in [9.17, 15) is 34.5 Å². The van der Waals surface area contributed by atoms with Gasteiger partial charge < -0.3 is 34.3 Å². The predicted molar refractivity (Wildman–Crippen MR) is 120 cm³/mol. The van der Waals surface area contributed by atoms with Gasteiger partial charge in [-0.2, -0.15) is 0 Å². The average Bonchev–Trinajstić information content (AvgIpc) is 2.76. The molecule has 2 aromatic carbocycles. The maximum atomic E-state index is 13.2. The summed E-state index contributed by atoms with van der Waals surface area (Å²) in [5.74, 6) is -3.89. The smallest absolute Gasteiger partial charge is 0.303 e. The molecule has 0 radical (unpaired) electrons. The highest BCUT2D eigenvalue weighted by molar-refractivity contribution is 6.30. The molecule has 1 saturated heterocycles. The lowest BCUT2D eigenvalue weighted by Crippen LogP contribution is -2.60. The topological polar surface area (TPSA) is 166 Å². The quantitative estimate of drug-likeness (QED) is 0.445. The van der Waals surface area contributed by atoms with Crippen LogP contribution in [-0.4, -0.2) is 69.5 Å². The largest absolute Gasteiger partial charge is 0.507 e. The predicted octanol–water partition coefficient (Wildman–Crippen LogP) is 1.53. The number of phenols is 2. The highest BCUT2D eigenvalue weighted by atomic mass is 16.7. The van der Waals surface area contributed by atoms with Gasteiger partial charge in [-0.3, -0.25) is 19.2 Å². The van der Waals surface area contributed by atoms with Gasteiger partial charge in [0.25, 0.3) is 0 Å². The zero-order valence-electron chi connectivity index (χ0n) is 19.8. The van der Waals surface area contributed by atoms with Crippen LogP contribution in [0.1, 0.15) is 58.2 Å². The van der Waals surface area contributed by atoms with E-state index in [1.54, 1.807) is 6.92 Å². The maximum absolute atomic E-state index is 13.2. The van der Waals surface area contributed by atoms with E-state index >= 15 is 0 Å². The van der Waals surface area contributed by atoms with Crippen molar-refractivity contribution in [3.8, 4) is 17.2 Å². The number of aliphatic hydroxyl groups excluding tert-OH is 1. The fraction of sp³-hybridized carbons (Fsp3) is 0.360. The minimum absolute atomic E-state index is 0.0264. The number of phenolic OH excluding ortho intramolecular Hbond substituents is 2. The molecule has 190 valence electrons. The number of aromatic hydroxyl groups is 2. The van der Waals surface area contributed by atoms with Crippen molar-refractivity contribution in [2.75, 3.05) is 0 Å². The molecule has 11 nitrogen and oxygen atoms in total. The molecule has 2 aliphatic rings. The van der Waals surface area contributed by atoms with Gasteiger partial charge in [0.1, 0.15) is 23.4 Å². The second kappa shape index (κ2) is 9.25. The van der Waals surface area contributed by atoms with Crippen molar-refractivity contribution in [3.05, 3.63) is 52.1 Å². The fourth-order valence-electron chi connectivity index (χ4n) is 4.44. The van der Waals surface area contributed by atoms with Crippen molar-refractivity contribution in [3.63, 3.8) is 0 Å². The Balaban J connectivity index is 1.70. The molecular weight excluding hydrogens is 476 g/mol. The van der Waals surface area contributed by atoms with Gasteiger partial charge in [0, 0.05) is 31.0 Å². The number of rotatable bonds is 4. The number of hydrogen-bond donors (Lipinski definition) is 3. The molecule has 1 aliphatic heterocycles. The minimum Gasteiger partial charge on any atom is -0.507 e. The first-order valence-corrected chi connectivity index (χ1v) is 11.0. The normalized spacial score (nSPS) is 25.0. The third kappa shape index (κ3) is 4.38. The number of aliphatic hydroxyl groups is 1. The van der Waals surface area contributed by atoms with Crippen LogP contribution in [-0.2, 0) is 23.8 Å². The maximum Gasteiger partial charge on any atom is 0.303 e. The van der Waals surface area contributed by atoms with Gasteiger partial charge in [0.2, 0.25) is 12.1 Å². The van der Waals surface area contributed by atoms with Crippen LogP contribution in [0.2, 0.25) is 0 Å². The highest BCUT2D eigenvalue weighted by Crippen LogP contribution is 2.40. The van der Waals surface area contributed by atoms with Crippen LogP contribution in [0, 0.1) is 6.92 Å². The molecule has 11 heteroatoms. The molecule has 0 amide bonds. The van der Waals surface area contributed by atoms with Gasteiger partial charge in [-0.05, 0) is 37.6 Å². The molecule has 36 heavy (non-hydrogen) atoms. The fourth-order valence-corrected chi connectivity index (χ4v) is 4.44. The first-order valence-electron chi connectivity index (χ1n) is 11.0. The molecule has 0 bridgehead atoms. The van der Waals surface area contributed by atoms with Gasteiger partial charge in [0.15, 0.2) is 18.0 Å². The van der Waals surface area contributed by atoms with Crippen molar-refractivity contribution in [1.29, 1.82) is 0 Å². The van der Waals surface area contributed by atoms with Crippen molar-refractivity contribution < 1.29 is 53.4 Å². The summed E-state index contributed by atoms with van der Waals surface area (Å²) in [5.41, 5.74) is -0.151. The lowest BCUT2D eigenvalue weighted by molar-refractivity contribution is -0.276. The summed E-state index contributed by atoms with van der Waals surface area (Å²) in [4.78, 5) is 49.3. The molecule has 1 aliphatic carbocycles. The lowest BCUT2D eigenvalue weighted by Gasteiger charge is -2.41. The summed E-state index contributed by atoms with van der Waals surface area (Å²) in [6.45, 7) is 5.41. The number of benzene rings is 2. The van der Waals surface area contributed by atoms with E-state index in [1.807, 2.05) is 0 Å². The minimum atomic E-state index is -1.51. The van der Waals surface area contributed by atoms with Crippen LogP contribution in [0.4, 0.5) is 0 Å². The van der Waals surface area contributed by atoms with Crippen molar-refractivity contribution in [2.24, 2.45) is 0 Å². The Labute approximate surface area is 205 Å². The molecule has 1 heterocycles. The SMILES string of the molecule is CC(=O)OC1C(C)OC(Oc2cc(O)c3c(c2)C(=O)c2cc(C)cc(O)c2C3=O)C(OC(C)=O)C1O. The van der Waals surface area contributed by atoms with Gasteiger partial charge in [-0.25, -0.2) is 0 Å². The molecule has 0 spiro atoms. The summed E-state index contributed by atoms with van der Waals surface area (Å²) in [5, 5.41) is 31.6. The monoisotopic (exact) mass is 500 g/mol. The number of aryl methyl sites for hydroxylation is 1. The third-order valence-corrected chi connectivity index (χ3v) is 5.91. The molecule has 5 atom stereocenters. The second-order valence-corrected chi connectivity index (χ2v) is 8.70. The summed E-state index contributed by atoms with van der Waals surface area (Å²) in [6, 6.07) is 5.07. The standard InChI is InChI=1S/C25H24O11/c1-9-5-14-18(16(28)6-9)21(31)19-15(20(14)30)7-13(8-17(19)29)36-25-24(35-12(4)27)22(32)23(10(2)33-25)34-11(3)26/h5-8,10,22-25,28-29,32H,1-4H3. The number of ether oxygens (including phenoxy) is 4. The van der Waals surface area contributed by atoms with Crippen LogP contribution in [0.5, 0.6) is 17.2 Å². The summed E-state index contributed by atoms with van der Waals surface area (Å²) >= 11 is 0. The summed E-state index contributed by atoms with van der Waals surface area (Å²) in [6.07, 6.45) is -6.41. The number of carbonyl (C=O) groups excluding carboxylic acids is 4. The van der Waals surface area contributed by atoms with Gasteiger partial charge in [-0.15, -0.1) is 0 Å². The van der Waals surface area contributed by atoms with Crippen LogP contribution in [0.3, 0.4) is 0 Å². The van der Waals surface area contributed by atoms with Crippen LogP contribution < -0.4 is 4.74 Å². The van der Waals surface area contributed by atoms with E-state index < -0.39 is 60.0 Å². The molecule has 2 aromatic rings. The van der Waals surface area contributed by atoms with E-state index in [2.05, 4.69) is 0 Å². The highest BCUT2D eigenvalue weighted by Gasteiger charge is 2.49. The van der Waals surface area contributed by atoms with Crippen LogP contribution >= 0.6 is 0 Å². The van der Waals surface area contributed by atoms with E-state index in [0.717, 1.165) is 19.9 Å². The molecular formula is C25H24O11. The Morgan fingerprint density at radius 2 is 1.42 bits per heavy atom. The average molecular weight is 500 g/mol. The molecule has 1 fully saturated rings. The summed E-state index contributed by atoms with van der Waals surface area (Å²) < 4.78 is 21.7. The van der Waals surface area contributed by atoms with Gasteiger partial charge in [0.05, 0.1) is 17.2 Å². The molecule has 4 rings (SSSR count). The second-order valence-electron chi connectivity index (χ2n) is 8.70. The van der Waals surface area contributed by atoms with E-state index in [-0.39, 0.29) is 33.8 Å². The molecule has 3 N–H and O–H groups in total. The summed E-state index contributed by atoms with van der Waals surface area (Å²) in [7, 11) is 0. The Bertz CT molecular complexity index is 1280.